The van der Waals surface area contributed by atoms with Crippen LogP contribution < -0.4 is 5.73 Å². The van der Waals surface area contributed by atoms with E-state index in [9.17, 15) is 4.79 Å². The summed E-state index contributed by atoms with van der Waals surface area (Å²) in [5.74, 6) is 0.248. The fourth-order valence-corrected chi connectivity index (χ4v) is 1.60. The van der Waals surface area contributed by atoms with Crippen molar-refractivity contribution in [3.63, 3.8) is 0 Å². The van der Waals surface area contributed by atoms with Crippen LogP contribution in [0.1, 0.15) is 33.6 Å². The predicted molar refractivity (Wildman–Crippen MR) is 48.7 cm³/mol. The molecule has 0 spiro atoms. The average molecular weight is 170 g/mol. The number of carbonyl (C=O) groups excluding carboxylic acids is 1. The molecule has 3 nitrogen and oxygen atoms in total. The molecule has 1 heterocycles. The Morgan fingerprint density at radius 3 is 2.42 bits per heavy atom. The van der Waals surface area contributed by atoms with E-state index in [-0.39, 0.29) is 11.4 Å². The van der Waals surface area contributed by atoms with Gasteiger partial charge in [-0.05, 0) is 33.7 Å². The highest BCUT2D eigenvalue weighted by Crippen LogP contribution is 2.40. The molecule has 1 saturated heterocycles. The Hall–Kier alpha value is -0.570. The molecule has 1 unspecified atom stereocenters. The third kappa shape index (κ3) is 1.46. The predicted octanol–water partition coefficient (Wildman–Crippen LogP) is 0.735. The van der Waals surface area contributed by atoms with E-state index >= 15 is 0 Å². The van der Waals surface area contributed by atoms with Gasteiger partial charge in [-0.2, -0.15) is 0 Å². The van der Waals surface area contributed by atoms with Gasteiger partial charge >= 0.3 is 0 Å². The minimum absolute atomic E-state index is 0.0890. The van der Waals surface area contributed by atoms with E-state index in [1.165, 1.54) is 0 Å². The summed E-state index contributed by atoms with van der Waals surface area (Å²) in [7, 11) is 0. The van der Waals surface area contributed by atoms with Crippen LogP contribution in [0.3, 0.4) is 0 Å². The summed E-state index contributed by atoms with van der Waals surface area (Å²) >= 11 is 0. The number of rotatable bonds is 3. The van der Waals surface area contributed by atoms with Gasteiger partial charge in [-0.1, -0.05) is 0 Å². The highest BCUT2D eigenvalue weighted by atomic mass is 16.2. The van der Waals surface area contributed by atoms with Crippen LogP contribution in [-0.4, -0.2) is 28.9 Å². The van der Waals surface area contributed by atoms with Crippen molar-refractivity contribution in [1.82, 2.24) is 4.90 Å². The molecule has 1 fully saturated rings. The quantitative estimate of drug-likeness (QED) is 0.635. The maximum Gasteiger partial charge on any atom is 0.223 e. The lowest BCUT2D eigenvalue weighted by Gasteiger charge is -2.05. The smallest absolute Gasteiger partial charge is 0.223 e. The molecule has 70 valence electrons. The van der Waals surface area contributed by atoms with Crippen LogP contribution in [0.25, 0.3) is 0 Å². The Morgan fingerprint density at radius 2 is 2.08 bits per heavy atom. The number of hydrogen-bond donors (Lipinski definition) is 1. The van der Waals surface area contributed by atoms with Gasteiger partial charge in [0.2, 0.25) is 5.91 Å². The second-order valence-corrected chi connectivity index (χ2v) is 3.99. The molecule has 0 aromatic heterocycles. The average Bonchev–Trinajstić information content (AvgIpc) is 2.47. The van der Waals surface area contributed by atoms with Gasteiger partial charge in [-0.3, -0.25) is 4.79 Å². The molecule has 1 aliphatic heterocycles. The molecule has 0 bridgehead atoms. The molecule has 2 N–H and O–H groups in total. The second-order valence-electron chi connectivity index (χ2n) is 3.99. The van der Waals surface area contributed by atoms with Gasteiger partial charge in [-0.25, -0.2) is 0 Å². The first-order chi connectivity index (χ1) is 5.51. The van der Waals surface area contributed by atoms with E-state index in [2.05, 4.69) is 20.8 Å². The third-order valence-corrected chi connectivity index (χ3v) is 2.83. The zero-order valence-electron chi connectivity index (χ0n) is 8.13. The molecule has 1 amide bonds. The van der Waals surface area contributed by atoms with Gasteiger partial charge in [0.15, 0.2) is 0 Å². The standard InChI is InChI=1S/C9H18N2O/c1-7-9(2,3)11(7)8(12)5-4-6-10/h7H,4-6,10H2,1-3H3. The lowest BCUT2D eigenvalue weighted by molar-refractivity contribution is -0.127. The topological polar surface area (TPSA) is 46.1 Å². The van der Waals surface area contributed by atoms with Gasteiger partial charge in [0.1, 0.15) is 0 Å². The molecule has 0 aromatic rings. The molecule has 0 radical (unpaired) electrons. The van der Waals surface area contributed by atoms with Crippen LogP contribution in [0.2, 0.25) is 0 Å². The number of carbonyl (C=O) groups is 1. The lowest BCUT2D eigenvalue weighted by Crippen LogP contribution is -2.18. The Morgan fingerprint density at radius 1 is 1.58 bits per heavy atom. The van der Waals surface area contributed by atoms with Crippen molar-refractivity contribution in [1.29, 1.82) is 0 Å². The molecule has 1 atom stereocenters. The number of hydrogen-bond acceptors (Lipinski definition) is 2. The van der Waals surface area contributed by atoms with Gasteiger partial charge < -0.3 is 10.6 Å². The summed E-state index contributed by atoms with van der Waals surface area (Å²) in [6.07, 6.45) is 1.41. The van der Waals surface area contributed by atoms with Crippen molar-refractivity contribution in [2.24, 2.45) is 5.73 Å². The van der Waals surface area contributed by atoms with Crippen molar-refractivity contribution in [3.05, 3.63) is 0 Å². The van der Waals surface area contributed by atoms with E-state index in [0.29, 0.717) is 19.0 Å². The summed E-state index contributed by atoms with van der Waals surface area (Å²) in [6, 6.07) is 0.405. The fraction of sp³-hybridized carbons (Fsp3) is 0.889. The number of nitrogens with two attached hydrogens (primary N) is 1. The van der Waals surface area contributed by atoms with Gasteiger partial charge in [-0.15, -0.1) is 0 Å². The van der Waals surface area contributed by atoms with Crippen LogP contribution in [0, 0.1) is 0 Å². The van der Waals surface area contributed by atoms with Crippen molar-refractivity contribution < 1.29 is 4.79 Å². The maximum atomic E-state index is 11.5. The minimum Gasteiger partial charge on any atom is -0.330 e. The van der Waals surface area contributed by atoms with E-state index in [1.807, 2.05) is 4.90 Å². The van der Waals surface area contributed by atoms with Crippen LogP contribution in [0.4, 0.5) is 0 Å². The molecule has 0 aromatic carbocycles. The summed E-state index contributed by atoms with van der Waals surface area (Å²) < 4.78 is 0. The molecular formula is C9H18N2O. The molecule has 0 aliphatic carbocycles. The van der Waals surface area contributed by atoms with Crippen molar-refractivity contribution in [2.75, 3.05) is 6.54 Å². The third-order valence-electron chi connectivity index (χ3n) is 2.83. The summed E-state index contributed by atoms with van der Waals surface area (Å²) in [5, 5.41) is 0. The van der Waals surface area contributed by atoms with Crippen LogP contribution >= 0.6 is 0 Å². The second kappa shape index (κ2) is 3.05. The van der Waals surface area contributed by atoms with Crippen LogP contribution in [-0.2, 0) is 4.79 Å². The SMILES string of the molecule is CC1N(C(=O)CCCN)C1(C)C. The molecule has 1 rings (SSSR count). The minimum atomic E-state index is 0.0890. The molecule has 0 saturated carbocycles. The molecule has 3 heteroatoms. The summed E-state index contributed by atoms with van der Waals surface area (Å²) in [5.41, 5.74) is 5.42. The Kier molecular flexibility index (Phi) is 2.42. The largest absolute Gasteiger partial charge is 0.330 e. The summed E-state index contributed by atoms with van der Waals surface area (Å²) in [4.78, 5) is 13.4. The number of amides is 1. The van der Waals surface area contributed by atoms with E-state index in [1.54, 1.807) is 0 Å². The monoisotopic (exact) mass is 170 g/mol. The van der Waals surface area contributed by atoms with Crippen molar-refractivity contribution in [3.8, 4) is 0 Å². The zero-order chi connectivity index (χ0) is 9.35. The first kappa shape index (κ1) is 9.52. The zero-order valence-corrected chi connectivity index (χ0v) is 8.13. The molecular weight excluding hydrogens is 152 g/mol. The Bertz CT molecular complexity index is 189. The van der Waals surface area contributed by atoms with Gasteiger partial charge in [0.05, 0.1) is 11.6 Å². The van der Waals surface area contributed by atoms with Crippen molar-refractivity contribution in [2.45, 2.75) is 45.2 Å². The lowest BCUT2D eigenvalue weighted by atomic mass is 10.2. The highest BCUT2D eigenvalue weighted by molar-refractivity contribution is 5.80. The van der Waals surface area contributed by atoms with E-state index in [0.717, 1.165) is 6.42 Å². The van der Waals surface area contributed by atoms with Crippen LogP contribution in [0.15, 0.2) is 0 Å². The van der Waals surface area contributed by atoms with E-state index < -0.39 is 0 Å². The first-order valence-corrected chi connectivity index (χ1v) is 4.54. The van der Waals surface area contributed by atoms with Gasteiger partial charge in [0.25, 0.3) is 0 Å². The van der Waals surface area contributed by atoms with Crippen molar-refractivity contribution >= 4 is 5.91 Å². The highest BCUT2D eigenvalue weighted by Gasteiger charge is 2.54. The fourth-order valence-electron chi connectivity index (χ4n) is 1.60. The van der Waals surface area contributed by atoms with Crippen LogP contribution in [0.5, 0.6) is 0 Å². The summed E-state index contributed by atoms with van der Waals surface area (Å²) in [6.45, 7) is 6.88. The van der Waals surface area contributed by atoms with Gasteiger partial charge in [0, 0.05) is 6.42 Å². The number of nitrogens with zero attached hydrogens (tertiary/aromatic N) is 1. The molecule has 1 aliphatic rings. The van der Waals surface area contributed by atoms with E-state index in [4.69, 9.17) is 5.73 Å². The maximum absolute atomic E-state index is 11.5. The Balaban J connectivity index is 2.37. The molecule has 12 heavy (non-hydrogen) atoms. The normalized spacial score (nSPS) is 25.7. The first-order valence-electron chi connectivity index (χ1n) is 4.54. The Labute approximate surface area is 73.9 Å².